The van der Waals surface area contributed by atoms with Crippen LogP contribution in [-0.2, 0) is 4.79 Å². The summed E-state index contributed by atoms with van der Waals surface area (Å²) >= 11 is 0. The number of hydrogen-bond acceptors (Lipinski definition) is 5. The van der Waals surface area contributed by atoms with Gasteiger partial charge in [-0.3, -0.25) is 14.6 Å². The molecule has 1 saturated heterocycles. The summed E-state index contributed by atoms with van der Waals surface area (Å²) in [6.07, 6.45) is 3.15. The van der Waals surface area contributed by atoms with Gasteiger partial charge in [-0.25, -0.2) is 0 Å². The molecule has 2 heterocycles. The van der Waals surface area contributed by atoms with Gasteiger partial charge in [0.05, 0.1) is 18.3 Å². The van der Waals surface area contributed by atoms with E-state index in [2.05, 4.69) is 9.89 Å². The number of aliphatic imine (C=N–C) groups is 1. The minimum absolute atomic E-state index is 0.0955. The van der Waals surface area contributed by atoms with Crippen LogP contribution in [0.15, 0.2) is 23.2 Å². The third-order valence-corrected chi connectivity index (χ3v) is 4.08. The van der Waals surface area contributed by atoms with Crippen molar-refractivity contribution in [3.8, 4) is 0 Å². The van der Waals surface area contributed by atoms with E-state index in [-0.39, 0.29) is 12.6 Å². The van der Waals surface area contributed by atoms with E-state index in [0.717, 1.165) is 25.1 Å². The molecule has 2 atom stereocenters. The number of benzene rings is 1. The van der Waals surface area contributed by atoms with E-state index in [9.17, 15) is 14.7 Å². The Morgan fingerprint density at radius 2 is 2.24 bits per heavy atom. The Balaban J connectivity index is 1.93. The number of hydrogen-bond donors (Lipinski definition) is 2. The van der Waals surface area contributed by atoms with Gasteiger partial charge in [0.2, 0.25) is 0 Å². The molecule has 0 spiro atoms. The van der Waals surface area contributed by atoms with E-state index in [0.29, 0.717) is 11.3 Å². The number of nitrogens with zero attached hydrogens (tertiary/aromatic N) is 2. The summed E-state index contributed by atoms with van der Waals surface area (Å²) in [5.74, 6) is -2.81. The van der Waals surface area contributed by atoms with Gasteiger partial charge in [-0.15, -0.1) is 0 Å². The van der Waals surface area contributed by atoms with Gasteiger partial charge >= 0.3 is 5.97 Å². The number of aliphatic hydroxyl groups excluding tert-OH is 1. The molecule has 21 heavy (non-hydrogen) atoms. The minimum atomic E-state index is -1.19. The zero-order valence-corrected chi connectivity index (χ0v) is 11.4. The molecule has 110 valence electrons. The second-order valence-electron chi connectivity index (χ2n) is 5.33. The van der Waals surface area contributed by atoms with Crippen molar-refractivity contribution < 1.29 is 19.8 Å². The predicted octanol–water partition coefficient (Wildman–Crippen LogP) is 1.25. The predicted molar refractivity (Wildman–Crippen MR) is 77.5 cm³/mol. The van der Waals surface area contributed by atoms with Crippen molar-refractivity contribution in [2.24, 2.45) is 10.9 Å². The number of carbonyl (C=O) groups excluding carboxylic acids is 1. The molecular weight excluding hydrogens is 272 g/mol. The Bertz CT molecular complexity index is 626. The molecule has 6 heteroatoms. The number of carbonyl (C=O) groups is 2. The zero-order chi connectivity index (χ0) is 15.0. The lowest BCUT2D eigenvalue weighted by molar-refractivity contribution is -0.137. The Labute approximate surface area is 121 Å². The molecule has 3 rings (SSSR count). The Hall–Kier alpha value is -2.21. The van der Waals surface area contributed by atoms with Crippen molar-refractivity contribution in [2.45, 2.75) is 18.9 Å². The maximum absolute atomic E-state index is 12.1. The van der Waals surface area contributed by atoms with Crippen molar-refractivity contribution in [3.63, 3.8) is 0 Å². The molecule has 0 radical (unpaired) electrons. The molecule has 2 aliphatic heterocycles. The highest BCUT2D eigenvalue weighted by Gasteiger charge is 2.31. The van der Waals surface area contributed by atoms with Crippen molar-refractivity contribution >= 4 is 29.3 Å². The normalized spacial score (nSPS) is 24.2. The van der Waals surface area contributed by atoms with Crippen molar-refractivity contribution in [1.82, 2.24) is 0 Å². The Kier molecular flexibility index (Phi) is 3.47. The fourth-order valence-corrected chi connectivity index (χ4v) is 2.95. The second-order valence-corrected chi connectivity index (χ2v) is 5.33. The van der Waals surface area contributed by atoms with Crippen LogP contribution in [0.4, 0.5) is 11.4 Å². The summed E-state index contributed by atoms with van der Waals surface area (Å²) in [5, 5.41) is 18.4. The molecule has 2 aliphatic rings. The average molecular weight is 288 g/mol. The van der Waals surface area contributed by atoms with Gasteiger partial charge in [-0.05, 0) is 31.0 Å². The van der Waals surface area contributed by atoms with Crippen molar-refractivity contribution in [2.75, 3.05) is 18.1 Å². The average Bonchev–Trinajstić information content (AvgIpc) is 2.95. The van der Waals surface area contributed by atoms with Gasteiger partial charge in [-0.2, -0.15) is 0 Å². The molecule has 2 N–H and O–H groups in total. The summed E-state index contributed by atoms with van der Waals surface area (Å²) < 4.78 is 0. The van der Waals surface area contributed by atoms with E-state index < -0.39 is 17.7 Å². The summed E-state index contributed by atoms with van der Waals surface area (Å²) in [5.41, 5.74) is 1.75. The van der Waals surface area contributed by atoms with E-state index in [1.807, 2.05) is 0 Å². The maximum Gasteiger partial charge on any atom is 0.319 e. The fourth-order valence-electron chi connectivity index (χ4n) is 2.95. The number of aliphatic hydroxyl groups is 1. The number of fused-ring (bicyclic) bond motifs is 1. The van der Waals surface area contributed by atoms with Crippen LogP contribution in [0.2, 0.25) is 0 Å². The number of ketones is 1. The first-order chi connectivity index (χ1) is 10.1. The maximum atomic E-state index is 12.1. The first-order valence-corrected chi connectivity index (χ1v) is 6.94. The zero-order valence-electron chi connectivity index (χ0n) is 11.4. The van der Waals surface area contributed by atoms with Crippen LogP contribution in [0.1, 0.15) is 23.2 Å². The van der Waals surface area contributed by atoms with E-state index in [1.165, 1.54) is 6.21 Å². The van der Waals surface area contributed by atoms with Crippen molar-refractivity contribution in [3.05, 3.63) is 23.8 Å². The lowest BCUT2D eigenvalue weighted by Crippen LogP contribution is -2.32. The molecule has 1 aromatic carbocycles. The lowest BCUT2D eigenvalue weighted by atomic mass is 9.94. The second kappa shape index (κ2) is 5.29. The Morgan fingerprint density at radius 3 is 2.95 bits per heavy atom. The van der Waals surface area contributed by atoms with Crippen LogP contribution >= 0.6 is 0 Å². The SMILES string of the molecule is O=C(O)C1C=Nc2cc(N3CCC[C@@H]3CO)ccc2C1=O. The number of rotatable bonds is 3. The number of aliphatic carboxylic acids is 1. The van der Waals surface area contributed by atoms with E-state index in [1.54, 1.807) is 18.2 Å². The summed E-state index contributed by atoms with van der Waals surface area (Å²) in [7, 11) is 0. The number of anilines is 1. The highest BCUT2D eigenvalue weighted by Crippen LogP contribution is 2.33. The van der Waals surface area contributed by atoms with Crippen LogP contribution < -0.4 is 4.90 Å². The summed E-state index contributed by atoms with van der Waals surface area (Å²) in [6.45, 7) is 0.958. The molecule has 0 aliphatic carbocycles. The van der Waals surface area contributed by atoms with Crippen LogP contribution in [0.5, 0.6) is 0 Å². The van der Waals surface area contributed by atoms with Crippen molar-refractivity contribution in [1.29, 1.82) is 0 Å². The van der Waals surface area contributed by atoms with Gasteiger partial charge in [-0.1, -0.05) is 0 Å². The first kappa shape index (κ1) is 13.8. The lowest BCUT2D eigenvalue weighted by Gasteiger charge is -2.26. The minimum Gasteiger partial charge on any atom is -0.480 e. The standard InChI is InChI=1S/C15H16N2O4/c18-8-10-2-1-5-17(10)9-3-4-11-13(6-9)16-7-12(14(11)19)15(20)21/h3-4,6-7,10,12,18H,1-2,5,8H2,(H,20,21)/t10-,12?/m1/s1. The summed E-state index contributed by atoms with van der Waals surface area (Å²) in [4.78, 5) is 29.3. The molecule has 0 aromatic heterocycles. The summed E-state index contributed by atoms with van der Waals surface area (Å²) in [6, 6.07) is 5.31. The number of Topliss-reactive ketones (excluding diaryl/α,β-unsaturated/α-hetero) is 1. The van der Waals surface area contributed by atoms with E-state index >= 15 is 0 Å². The van der Waals surface area contributed by atoms with E-state index in [4.69, 9.17) is 5.11 Å². The number of carboxylic acid groups (broad SMARTS) is 1. The quantitative estimate of drug-likeness (QED) is 0.817. The molecule has 0 amide bonds. The van der Waals surface area contributed by atoms with Crippen LogP contribution in [0.25, 0.3) is 0 Å². The topological polar surface area (TPSA) is 90.2 Å². The van der Waals surface area contributed by atoms with Gasteiger partial charge < -0.3 is 15.1 Å². The fraction of sp³-hybridized carbons (Fsp3) is 0.400. The van der Waals surface area contributed by atoms with Gasteiger partial charge in [0.15, 0.2) is 11.7 Å². The van der Waals surface area contributed by atoms with Gasteiger partial charge in [0.25, 0.3) is 0 Å². The monoisotopic (exact) mass is 288 g/mol. The highest BCUT2D eigenvalue weighted by atomic mass is 16.4. The molecule has 1 aromatic rings. The number of carboxylic acids is 1. The van der Waals surface area contributed by atoms with Gasteiger partial charge in [0, 0.05) is 24.0 Å². The molecular formula is C15H16N2O4. The third kappa shape index (κ3) is 2.31. The van der Waals surface area contributed by atoms with Crippen LogP contribution in [0, 0.1) is 5.92 Å². The smallest absolute Gasteiger partial charge is 0.319 e. The highest BCUT2D eigenvalue weighted by molar-refractivity contribution is 6.22. The molecule has 1 fully saturated rings. The molecule has 1 unspecified atom stereocenters. The third-order valence-electron chi connectivity index (χ3n) is 4.08. The Morgan fingerprint density at radius 1 is 1.43 bits per heavy atom. The van der Waals surface area contributed by atoms with Crippen LogP contribution in [-0.4, -0.2) is 47.4 Å². The van der Waals surface area contributed by atoms with Crippen LogP contribution in [0.3, 0.4) is 0 Å². The first-order valence-electron chi connectivity index (χ1n) is 6.94. The largest absolute Gasteiger partial charge is 0.480 e. The molecule has 0 bridgehead atoms. The molecule has 0 saturated carbocycles. The molecule has 6 nitrogen and oxygen atoms in total. The van der Waals surface area contributed by atoms with Gasteiger partial charge in [0.1, 0.15) is 0 Å².